The number of hydrogen-bond donors (Lipinski definition) is 2. The average molecular weight is 328 g/mol. The number of hydrogen-bond acceptors (Lipinski definition) is 4. The van der Waals surface area contributed by atoms with E-state index in [4.69, 9.17) is 0 Å². The number of H-pyrrole nitrogens is 2. The van der Waals surface area contributed by atoms with Gasteiger partial charge in [0, 0.05) is 43.1 Å². The summed E-state index contributed by atoms with van der Waals surface area (Å²) in [5.41, 5.74) is 0.875. The van der Waals surface area contributed by atoms with Gasteiger partial charge in [-0.25, -0.2) is 4.79 Å². The van der Waals surface area contributed by atoms with E-state index >= 15 is 0 Å². The third-order valence-corrected chi connectivity index (χ3v) is 4.34. The van der Waals surface area contributed by atoms with Gasteiger partial charge in [0.25, 0.3) is 5.56 Å². The minimum atomic E-state index is -0.551. The van der Waals surface area contributed by atoms with Crippen LogP contribution >= 0.6 is 0 Å². The molecular weight excluding hydrogens is 308 g/mol. The molecule has 0 unspecified atom stereocenters. The number of nitrogens with one attached hydrogen (secondary N) is 2. The number of aromatic amines is 2. The minimum Gasteiger partial charge on any atom is -0.368 e. The number of amides is 1. The lowest BCUT2D eigenvalue weighted by atomic mass is 10.1. The van der Waals surface area contributed by atoms with E-state index in [1.165, 1.54) is 0 Å². The highest BCUT2D eigenvalue weighted by Gasteiger charge is 2.22. The number of piperazine rings is 1. The van der Waals surface area contributed by atoms with Crippen molar-refractivity contribution in [1.29, 1.82) is 0 Å². The minimum absolute atomic E-state index is 0.00326. The van der Waals surface area contributed by atoms with Crippen LogP contribution in [0.3, 0.4) is 0 Å². The zero-order chi connectivity index (χ0) is 17.1. The molecule has 1 amide bonds. The van der Waals surface area contributed by atoms with Crippen molar-refractivity contribution in [3.8, 4) is 0 Å². The van der Waals surface area contributed by atoms with E-state index in [0.29, 0.717) is 24.3 Å². The van der Waals surface area contributed by atoms with Gasteiger partial charge in [-0.15, -0.1) is 0 Å². The number of nitrogens with zero attached hydrogens (tertiary/aromatic N) is 2. The molecule has 24 heavy (non-hydrogen) atoms. The van der Waals surface area contributed by atoms with Gasteiger partial charge >= 0.3 is 5.69 Å². The molecule has 126 valence electrons. The molecule has 1 aromatic heterocycles. The van der Waals surface area contributed by atoms with Crippen LogP contribution in [0.15, 0.2) is 39.9 Å². The molecule has 1 aromatic carbocycles. The van der Waals surface area contributed by atoms with Crippen LogP contribution in [0.2, 0.25) is 0 Å². The van der Waals surface area contributed by atoms with Crippen LogP contribution in [0.4, 0.5) is 5.69 Å². The molecule has 7 heteroatoms. The number of carbonyl (C=O) groups is 1. The Morgan fingerprint density at radius 3 is 2.33 bits per heavy atom. The third-order valence-electron chi connectivity index (χ3n) is 4.34. The van der Waals surface area contributed by atoms with Gasteiger partial charge in [-0.3, -0.25) is 14.6 Å². The summed E-state index contributed by atoms with van der Waals surface area (Å²) in [5, 5.41) is 0. The maximum absolute atomic E-state index is 12.5. The molecule has 3 rings (SSSR count). The highest BCUT2D eigenvalue weighted by Crippen LogP contribution is 2.16. The van der Waals surface area contributed by atoms with E-state index in [-0.39, 0.29) is 12.3 Å². The van der Waals surface area contributed by atoms with Crippen LogP contribution in [0.1, 0.15) is 11.3 Å². The summed E-state index contributed by atoms with van der Waals surface area (Å²) in [6.45, 7) is 4.39. The normalized spacial score (nSPS) is 14.7. The van der Waals surface area contributed by atoms with Gasteiger partial charge in [0.05, 0.1) is 6.42 Å². The Morgan fingerprint density at radius 2 is 1.71 bits per heavy atom. The summed E-state index contributed by atoms with van der Waals surface area (Å²) in [7, 11) is 0. The van der Waals surface area contributed by atoms with E-state index in [0.717, 1.165) is 18.8 Å². The molecule has 1 saturated heterocycles. The van der Waals surface area contributed by atoms with Gasteiger partial charge in [-0.2, -0.15) is 0 Å². The highest BCUT2D eigenvalue weighted by molar-refractivity contribution is 5.79. The van der Waals surface area contributed by atoms with Gasteiger partial charge in [0.15, 0.2) is 0 Å². The van der Waals surface area contributed by atoms with Crippen molar-refractivity contribution in [2.45, 2.75) is 13.3 Å². The molecule has 0 atom stereocenters. The van der Waals surface area contributed by atoms with Crippen molar-refractivity contribution >= 4 is 11.6 Å². The second-order valence-corrected chi connectivity index (χ2v) is 5.89. The lowest BCUT2D eigenvalue weighted by Crippen LogP contribution is -2.49. The predicted molar refractivity (Wildman–Crippen MR) is 91.4 cm³/mol. The number of aryl methyl sites for hydroxylation is 1. The first-order chi connectivity index (χ1) is 11.5. The Hall–Kier alpha value is -2.83. The predicted octanol–water partition coefficient (Wildman–Crippen LogP) is 0.263. The maximum Gasteiger partial charge on any atom is 0.325 e. The molecule has 1 aliphatic heterocycles. The topological polar surface area (TPSA) is 89.3 Å². The van der Waals surface area contributed by atoms with Crippen LogP contribution in [0.25, 0.3) is 0 Å². The van der Waals surface area contributed by atoms with Crippen LogP contribution in [-0.2, 0) is 11.2 Å². The molecule has 0 spiro atoms. The summed E-state index contributed by atoms with van der Waals surface area (Å²) >= 11 is 0. The molecule has 2 N–H and O–H groups in total. The van der Waals surface area contributed by atoms with Gasteiger partial charge in [0.1, 0.15) is 0 Å². The number of anilines is 1. The summed E-state index contributed by atoms with van der Waals surface area (Å²) < 4.78 is 0. The van der Waals surface area contributed by atoms with Crippen molar-refractivity contribution in [3.05, 3.63) is 62.4 Å². The van der Waals surface area contributed by atoms with E-state index in [1.807, 2.05) is 18.2 Å². The molecule has 1 aliphatic rings. The number of benzene rings is 1. The van der Waals surface area contributed by atoms with Gasteiger partial charge < -0.3 is 14.8 Å². The fourth-order valence-corrected chi connectivity index (χ4v) is 2.95. The first-order valence-corrected chi connectivity index (χ1v) is 7.94. The zero-order valence-electron chi connectivity index (χ0n) is 13.5. The average Bonchev–Trinajstić information content (AvgIpc) is 2.59. The van der Waals surface area contributed by atoms with E-state index in [1.54, 1.807) is 11.8 Å². The van der Waals surface area contributed by atoms with Crippen molar-refractivity contribution in [2.75, 3.05) is 31.1 Å². The Bertz CT molecular complexity index is 833. The molecular formula is C17H20N4O3. The Balaban J connectivity index is 1.64. The number of rotatable bonds is 3. The lowest BCUT2D eigenvalue weighted by molar-refractivity contribution is -0.130. The van der Waals surface area contributed by atoms with Crippen molar-refractivity contribution in [3.63, 3.8) is 0 Å². The highest BCUT2D eigenvalue weighted by atomic mass is 16.2. The van der Waals surface area contributed by atoms with E-state index in [2.05, 4.69) is 27.0 Å². The molecule has 0 saturated carbocycles. The maximum atomic E-state index is 12.5. The molecule has 0 radical (unpaired) electrons. The smallest absolute Gasteiger partial charge is 0.325 e. The fourth-order valence-electron chi connectivity index (χ4n) is 2.95. The van der Waals surface area contributed by atoms with Gasteiger partial charge in [0.2, 0.25) is 5.91 Å². The first-order valence-electron chi connectivity index (χ1n) is 7.94. The number of carbonyl (C=O) groups excluding carboxylic acids is 1. The van der Waals surface area contributed by atoms with Gasteiger partial charge in [-0.1, -0.05) is 18.2 Å². The summed E-state index contributed by atoms with van der Waals surface area (Å²) in [5.74, 6) is -0.0941. The Labute approximate surface area is 138 Å². The Kier molecular flexibility index (Phi) is 4.50. The van der Waals surface area contributed by atoms with Crippen molar-refractivity contribution < 1.29 is 4.79 Å². The second-order valence-electron chi connectivity index (χ2n) is 5.89. The first kappa shape index (κ1) is 16.0. The van der Waals surface area contributed by atoms with Crippen LogP contribution in [-0.4, -0.2) is 47.0 Å². The van der Waals surface area contributed by atoms with Crippen LogP contribution in [0, 0.1) is 6.92 Å². The van der Waals surface area contributed by atoms with Crippen LogP contribution < -0.4 is 16.1 Å². The molecule has 2 aromatic rings. The molecule has 2 heterocycles. The summed E-state index contributed by atoms with van der Waals surface area (Å²) in [6, 6.07) is 10.1. The van der Waals surface area contributed by atoms with Gasteiger partial charge in [-0.05, 0) is 19.1 Å². The van der Waals surface area contributed by atoms with E-state index < -0.39 is 11.2 Å². The third kappa shape index (κ3) is 3.40. The zero-order valence-corrected chi connectivity index (χ0v) is 13.5. The molecule has 1 fully saturated rings. The Morgan fingerprint density at radius 1 is 1.04 bits per heavy atom. The van der Waals surface area contributed by atoms with E-state index in [9.17, 15) is 14.4 Å². The number of aromatic nitrogens is 2. The largest absolute Gasteiger partial charge is 0.368 e. The SMILES string of the molecule is Cc1[nH]c(=O)[nH]c(=O)c1CC(=O)N1CCN(c2ccccc2)CC1. The fraction of sp³-hybridized carbons (Fsp3) is 0.353. The molecule has 7 nitrogen and oxygen atoms in total. The quantitative estimate of drug-likeness (QED) is 0.846. The van der Waals surface area contributed by atoms with Crippen LogP contribution in [0.5, 0.6) is 0 Å². The summed E-state index contributed by atoms with van der Waals surface area (Å²) in [6.07, 6.45) is 0.00326. The molecule has 0 aliphatic carbocycles. The van der Waals surface area contributed by atoms with Crippen molar-refractivity contribution in [2.24, 2.45) is 0 Å². The number of para-hydroxylation sites is 1. The lowest BCUT2D eigenvalue weighted by Gasteiger charge is -2.36. The standard InChI is InChI=1S/C17H20N4O3/c1-12-14(16(23)19-17(24)18-12)11-15(22)21-9-7-20(8-10-21)13-5-3-2-4-6-13/h2-6H,7-11H2,1H3,(H2,18,19,23,24). The second kappa shape index (κ2) is 6.74. The van der Waals surface area contributed by atoms with Crippen molar-refractivity contribution in [1.82, 2.24) is 14.9 Å². The summed E-state index contributed by atoms with van der Waals surface area (Å²) in [4.78, 5) is 44.2. The monoisotopic (exact) mass is 328 g/mol. The molecule has 0 bridgehead atoms.